The van der Waals surface area contributed by atoms with Crippen molar-refractivity contribution in [1.29, 1.82) is 0 Å². The Hall–Kier alpha value is -2.53. The second kappa shape index (κ2) is 8.43. The number of ether oxygens (including phenoxy) is 1. The average Bonchev–Trinajstić information content (AvgIpc) is 3.24. The fraction of sp³-hybridized carbons (Fsp3) is 0.333. The van der Waals surface area contributed by atoms with Crippen molar-refractivity contribution in [2.24, 2.45) is 4.99 Å². The number of carbonyl (C=O) groups excluding carboxylic acids is 1. The second-order valence-electron chi connectivity index (χ2n) is 7.54. The van der Waals surface area contributed by atoms with Gasteiger partial charge in [-0.1, -0.05) is 17.8 Å². The van der Waals surface area contributed by atoms with E-state index in [1.165, 1.54) is 24.9 Å². The van der Waals surface area contributed by atoms with Crippen LogP contribution in [0.2, 0.25) is 0 Å². The summed E-state index contributed by atoms with van der Waals surface area (Å²) >= 11 is 1.25. The molecule has 0 aromatic heterocycles. The van der Waals surface area contributed by atoms with Crippen LogP contribution in [-0.4, -0.2) is 49.8 Å². The minimum Gasteiger partial charge on any atom is -0.496 e. The Kier molecular flexibility index (Phi) is 5.97. The molecule has 2 unspecified atom stereocenters. The lowest BCUT2D eigenvalue weighted by atomic mass is 10.1. The van der Waals surface area contributed by atoms with Crippen molar-refractivity contribution in [3.63, 3.8) is 0 Å². The molecule has 2 aliphatic rings. The third-order valence-electron chi connectivity index (χ3n) is 5.29. The minimum atomic E-state index is -4.52. The van der Waals surface area contributed by atoms with Gasteiger partial charge in [0, 0.05) is 22.1 Å². The lowest BCUT2D eigenvalue weighted by molar-refractivity contribution is -0.137. The first kappa shape index (κ1) is 22.7. The normalized spacial score (nSPS) is 21.7. The zero-order chi connectivity index (χ0) is 23.1. The van der Waals surface area contributed by atoms with Crippen molar-refractivity contribution in [3.05, 3.63) is 59.2 Å². The van der Waals surface area contributed by atoms with Gasteiger partial charge in [0.1, 0.15) is 12.0 Å². The van der Waals surface area contributed by atoms with Crippen LogP contribution in [0.1, 0.15) is 21.5 Å². The van der Waals surface area contributed by atoms with Crippen molar-refractivity contribution in [1.82, 2.24) is 0 Å². The van der Waals surface area contributed by atoms with E-state index in [-0.39, 0.29) is 29.0 Å². The molecule has 0 radical (unpaired) electrons. The zero-order valence-electron chi connectivity index (χ0n) is 16.9. The minimum absolute atomic E-state index is 0.0181. The van der Waals surface area contributed by atoms with E-state index in [9.17, 15) is 26.4 Å². The van der Waals surface area contributed by atoms with Crippen molar-refractivity contribution in [3.8, 4) is 5.75 Å². The largest absolute Gasteiger partial charge is 0.496 e. The summed E-state index contributed by atoms with van der Waals surface area (Å²) in [5.74, 6) is 0.378. The molecule has 4 rings (SSSR count). The number of hydrogen-bond donors (Lipinski definition) is 0. The van der Waals surface area contributed by atoms with Crippen LogP contribution in [0.15, 0.2) is 47.5 Å². The predicted octanol–water partition coefficient (Wildman–Crippen LogP) is 3.80. The fourth-order valence-electron chi connectivity index (χ4n) is 3.76. The van der Waals surface area contributed by atoms with Crippen LogP contribution in [0.4, 0.5) is 18.9 Å². The first-order valence-corrected chi connectivity index (χ1v) is 12.3. The highest BCUT2D eigenvalue weighted by atomic mass is 32.2. The van der Waals surface area contributed by atoms with Crippen molar-refractivity contribution < 1.29 is 31.1 Å². The molecule has 0 N–H and O–H groups in total. The van der Waals surface area contributed by atoms with Gasteiger partial charge in [0.2, 0.25) is 0 Å². The molecule has 2 aliphatic heterocycles. The average molecular weight is 485 g/mol. The van der Waals surface area contributed by atoms with Gasteiger partial charge in [-0.2, -0.15) is 13.2 Å². The molecular formula is C21H19F3N2O4S2. The molecule has 0 bridgehead atoms. The molecule has 2 aromatic rings. The number of anilines is 1. The number of halogens is 3. The highest BCUT2D eigenvalue weighted by Gasteiger charge is 2.44. The van der Waals surface area contributed by atoms with Gasteiger partial charge >= 0.3 is 6.18 Å². The van der Waals surface area contributed by atoms with Gasteiger partial charge in [0.25, 0.3) is 0 Å². The van der Waals surface area contributed by atoms with Crippen LogP contribution in [0.3, 0.4) is 0 Å². The first-order valence-electron chi connectivity index (χ1n) is 9.61. The summed E-state index contributed by atoms with van der Waals surface area (Å²) in [6.07, 6.45) is -3.85. The molecule has 2 atom stereocenters. The molecule has 0 saturated carbocycles. The Morgan fingerprint density at radius 2 is 2.00 bits per heavy atom. The number of fused-ring (bicyclic) bond motifs is 1. The molecule has 2 aromatic carbocycles. The lowest BCUT2D eigenvalue weighted by Gasteiger charge is -2.26. The van der Waals surface area contributed by atoms with E-state index in [0.29, 0.717) is 28.3 Å². The topological polar surface area (TPSA) is 76.0 Å². The maximum atomic E-state index is 13.3. The zero-order valence-corrected chi connectivity index (χ0v) is 18.5. The van der Waals surface area contributed by atoms with Crippen LogP contribution in [0.25, 0.3) is 0 Å². The summed E-state index contributed by atoms with van der Waals surface area (Å²) in [6.45, 7) is 0.0875. The number of carbonyl (C=O) groups is 1. The highest BCUT2D eigenvalue weighted by Crippen LogP contribution is 2.39. The number of thioether (sulfide) groups is 1. The van der Waals surface area contributed by atoms with Crippen molar-refractivity contribution in [2.75, 3.05) is 23.5 Å². The third kappa shape index (κ3) is 4.63. The number of aldehydes is 1. The summed E-state index contributed by atoms with van der Waals surface area (Å²) < 4.78 is 69.3. The second-order valence-corrected chi connectivity index (χ2v) is 10.9. The quantitative estimate of drug-likeness (QED) is 0.601. The number of nitrogens with zero attached hydrogens (tertiary/aromatic N) is 2. The molecular weight excluding hydrogens is 465 g/mol. The molecule has 0 aliphatic carbocycles. The number of rotatable bonds is 5. The number of methoxy groups -OCH3 is 1. The molecule has 32 heavy (non-hydrogen) atoms. The van der Waals surface area contributed by atoms with Crippen LogP contribution in [0, 0.1) is 0 Å². The Balaban J connectivity index is 1.76. The Labute approximate surface area is 187 Å². The summed E-state index contributed by atoms with van der Waals surface area (Å²) in [7, 11) is -1.71. The van der Waals surface area contributed by atoms with E-state index in [4.69, 9.17) is 4.74 Å². The molecule has 2 heterocycles. The monoisotopic (exact) mass is 484 g/mol. The maximum absolute atomic E-state index is 13.3. The van der Waals surface area contributed by atoms with Gasteiger partial charge in [-0.05, 0) is 36.4 Å². The van der Waals surface area contributed by atoms with Crippen LogP contribution in [0.5, 0.6) is 5.75 Å². The molecule has 0 spiro atoms. The molecule has 170 valence electrons. The van der Waals surface area contributed by atoms with Gasteiger partial charge in [0.05, 0.1) is 36.8 Å². The van der Waals surface area contributed by atoms with E-state index in [1.54, 1.807) is 29.2 Å². The lowest BCUT2D eigenvalue weighted by Crippen LogP contribution is -2.28. The first-order chi connectivity index (χ1) is 15.1. The van der Waals surface area contributed by atoms with Gasteiger partial charge in [-0.3, -0.25) is 9.79 Å². The standard InChI is InChI=1S/C21H19F3N2O4S2/c1-30-18-6-5-13(10-27)7-14(18)9-26(16-4-2-3-15(8-16)21(22,23)24)20-25-17-11-32(28,29)12-19(17)31-20/h2-8,10,17,19H,9,11-12H2,1H3. The van der Waals surface area contributed by atoms with Crippen LogP contribution in [-0.2, 0) is 22.6 Å². The van der Waals surface area contributed by atoms with E-state index >= 15 is 0 Å². The summed E-state index contributed by atoms with van der Waals surface area (Å²) in [5.41, 5.74) is 0.434. The Morgan fingerprint density at radius 1 is 1.22 bits per heavy atom. The van der Waals surface area contributed by atoms with Gasteiger partial charge < -0.3 is 9.64 Å². The third-order valence-corrected chi connectivity index (χ3v) is 8.54. The number of hydrogen-bond acceptors (Lipinski definition) is 7. The number of aliphatic imine (C=N–C) groups is 1. The SMILES string of the molecule is COc1ccc(C=O)cc1CN(C1=NC2CS(=O)(=O)CC2S1)c1cccc(C(F)(F)F)c1. The summed E-state index contributed by atoms with van der Waals surface area (Å²) in [5, 5.41) is 0.166. The molecule has 0 amide bonds. The summed E-state index contributed by atoms with van der Waals surface area (Å²) in [6, 6.07) is 9.25. The number of amidine groups is 1. The molecule has 6 nitrogen and oxygen atoms in total. The predicted molar refractivity (Wildman–Crippen MR) is 117 cm³/mol. The van der Waals surface area contributed by atoms with Gasteiger partial charge in [-0.15, -0.1) is 0 Å². The fourth-order valence-corrected chi connectivity index (χ4v) is 7.54. The van der Waals surface area contributed by atoms with E-state index in [0.717, 1.165) is 12.1 Å². The van der Waals surface area contributed by atoms with Crippen LogP contribution < -0.4 is 9.64 Å². The van der Waals surface area contributed by atoms with Crippen molar-refractivity contribution in [2.45, 2.75) is 24.0 Å². The van der Waals surface area contributed by atoms with Gasteiger partial charge in [-0.25, -0.2) is 8.42 Å². The van der Waals surface area contributed by atoms with Gasteiger partial charge in [0.15, 0.2) is 15.0 Å². The van der Waals surface area contributed by atoms with Crippen molar-refractivity contribution >= 4 is 38.7 Å². The Morgan fingerprint density at radius 3 is 2.66 bits per heavy atom. The number of sulfone groups is 1. The Bertz CT molecular complexity index is 1180. The smallest absolute Gasteiger partial charge is 0.416 e. The molecule has 1 saturated heterocycles. The summed E-state index contributed by atoms with van der Waals surface area (Å²) in [4.78, 5) is 17.4. The van der Waals surface area contributed by atoms with E-state index in [2.05, 4.69) is 4.99 Å². The molecule has 11 heteroatoms. The maximum Gasteiger partial charge on any atom is 0.416 e. The number of alkyl halides is 3. The molecule has 1 fully saturated rings. The number of benzene rings is 2. The van der Waals surface area contributed by atoms with E-state index < -0.39 is 27.6 Å². The van der Waals surface area contributed by atoms with E-state index in [1.807, 2.05) is 0 Å². The highest BCUT2D eigenvalue weighted by molar-refractivity contribution is 8.15. The van der Waals surface area contributed by atoms with Crippen LogP contribution >= 0.6 is 11.8 Å².